The fourth-order valence-electron chi connectivity index (χ4n) is 3.38. The van der Waals surface area contributed by atoms with Crippen molar-refractivity contribution in [2.75, 3.05) is 13.2 Å². The molecule has 0 aliphatic heterocycles. The molecule has 0 amide bonds. The molecule has 0 heterocycles. The molecule has 3 aliphatic rings. The zero-order chi connectivity index (χ0) is 9.47. The van der Waals surface area contributed by atoms with Crippen molar-refractivity contribution in [1.29, 1.82) is 0 Å². The largest absolute Gasteiger partial charge is 0.396 e. The van der Waals surface area contributed by atoms with Gasteiger partial charge in [0.05, 0.1) is 13.2 Å². The molecule has 76 valence electrons. The standard InChI is InChI=1S/C10H19NO2/c11-9-3-7-1-2-8(9)10(4-7,5-12)6-13/h7-9,12-13H,1-6,11H2/t7-,8+,9+/m0/s1. The Labute approximate surface area is 78.9 Å². The first-order chi connectivity index (χ1) is 6.22. The molecule has 3 heteroatoms. The van der Waals surface area contributed by atoms with Crippen LogP contribution in [0.1, 0.15) is 25.7 Å². The van der Waals surface area contributed by atoms with E-state index in [1.54, 1.807) is 0 Å². The monoisotopic (exact) mass is 185 g/mol. The van der Waals surface area contributed by atoms with Crippen LogP contribution in [0, 0.1) is 17.3 Å². The third-order valence-corrected chi connectivity index (χ3v) is 4.12. The minimum absolute atomic E-state index is 0.0956. The molecule has 0 aromatic carbocycles. The second kappa shape index (κ2) is 3.23. The molecule has 0 spiro atoms. The minimum Gasteiger partial charge on any atom is -0.396 e. The van der Waals surface area contributed by atoms with Gasteiger partial charge in [-0.05, 0) is 31.1 Å². The van der Waals surface area contributed by atoms with E-state index in [1.807, 2.05) is 0 Å². The molecule has 0 aromatic heterocycles. The third-order valence-electron chi connectivity index (χ3n) is 4.12. The molecule has 3 nitrogen and oxygen atoms in total. The summed E-state index contributed by atoms with van der Waals surface area (Å²) in [5.74, 6) is 0.979. The predicted octanol–water partition coefficient (Wildman–Crippen LogP) is 0.105. The fraction of sp³-hybridized carbons (Fsp3) is 1.00. The molecule has 3 aliphatic carbocycles. The summed E-state index contributed by atoms with van der Waals surface area (Å²) in [5.41, 5.74) is 5.76. The number of nitrogens with two attached hydrogens (primary N) is 1. The molecule has 0 unspecified atom stereocenters. The minimum atomic E-state index is -0.263. The summed E-state index contributed by atoms with van der Waals surface area (Å²) < 4.78 is 0. The Bertz CT molecular complexity index is 191. The number of rotatable bonds is 2. The molecular formula is C10H19NO2. The van der Waals surface area contributed by atoms with Gasteiger partial charge in [0.15, 0.2) is 0 Å². The van der Waals surface area contributed by atoms with Gasteiger partial charge in [-0.15, -0.1) is 0 Å². The van der Waals surface area contributed by atoms with Gasteiger partial charge < -0.3 is 15.9 Å². The van der Waals surface area contributed by atoms with Gasteiger partial charge in [0.25, 0.3) is 0 Å². The number of fused-ring (bicyclic) bond motifs is 3. The Hall–Kier alpha value is -0.120. The van der Waals surface area contributed by atoms with E-state index in [1.165, 1.54) is 6.42 Å². The molecular weight excluding hydrogens is 166 g/mol. The van der Waals surface area contributed by atoms with Crippen molar-refractivity contribution in [2.24, 2.45) is 23.0 Å². The van der Waals surface area contributed by atoms with Gasteiger partial charge in [-0.3, -0.25) is 0 Å². The Morgan fingerprint density at radius 3 is 2.31 bits per heavy atom. The smallest absolute Gasteiger partial charge is 0.0512 e. The van der Waals surface area contributed by atoms with Crippen LogP contribution in [0.4, 0.5) is 0 Å². The van der Waals surface area contributed by atoms with E-state index >= 15 is 0 Å². The Morgan fingerprint density at radius 2 is 1.92 bits per heavy atom. The van der Waals surface area contributed by atoms with E-state index in [2.05, 4.69) is 0 Å². The lowest BCUT2D eigenvalue weighted by Crippen LogP contribution is -2.55. The number of hydrogen-bond acceptors (Lipinski definition) is 3. The zero-order valence-electron chi connectivity index (χ0n) is 7.95. The van der Waals surface area contributed by atoms with Crippen LogP contribution in [-0.4, -0.2) is 29.5 Å². The van der Waals surface area contributed by atoms with E-state index in [-0.39, 0.29) is 24.7 Å². The van der Waals surface area contributed by atoms with Crippen LogP contribution in [0.15, 0.2) is 0 Å². The SMILES string of the molecule is N[C@@H]1C[C@@H]2CC[C@H]1C(CO)(CO)C2. The molecule has 4 N–H and O–H groups in total. The highest BCUT2D eigenvalue weighted by Crippen LogP contribution is 2.51. The van der Waals surface area contributed by atoms with Crippen molar-refractivity contribution in [3.8, 4) is 0 Å². The lowest BCUT2D eigenvalue weighted by atomic mass is 9.55. The Kier molecular flexibility index (Phi) is 2.34. The number of aliphatic hydroxyl groups is 2. The van der Waals surface area contributed by atoms with Crippen molar-refractivity contribution in [3.05, 3.63) is 0 Å². The van der Waals surface area contributed by atoms with Crippen molar-refractivity contribution in [1.82, 2.24) is 0 Å². The van der Waals surface area contributed by atoms with E-state index in [0.717, 1.165) is 19.3 Å². The summed E-state index contributed by atoms with van der Waals surface area (Å²) >= 11 is 0. The van der Waals surface area contributed by atoms with Crippen molar-refractivity contribution >= 4 is 0 Å². The average molecular weight is 185 g/mol. The van der Waals surface area contributed by atoms with Gasteiger partial charge in [0, 0.05) is 11.5 Å². The Morgan fingerprint density at radius 1 is 1.23 bits per heavy atom. The first-order valence-corrected chi connectivity index (χ1v) is 5.19. The maximum atomic E-state index is 9.37. The lowest BCUT2D eigenvalue weighted by molar-refractivity contribution is -0.0838. The van der Waals surface area contributed by atoms with Gasteiger partial charge in [0.1, 0.15) is 0 Å². The lowest BCUT2D eigenvalue weighted by Gasteiger charge is -2.53. The Balaban J connectivity index is 2.21. The van der Waals surface area contributed by atoms with E-state index in [9.17, 15) is 10.2 Å². The van der Waals surface area contributed by atoms with E-state index in [4.69, 9.17) is 5.73 Å². The third kappa shape index (κ3) is 1.30. The predicted molar refractivity (Wildman–Crippen MR) is 50.0 cm³/mol. The second-order valence-corrected chi connectivity index (χ2v) is 4.83. The van der Waals surface area contributed by atoms with Crippen LogP contribution < -0.4 is 5.73 Å². The molecule has 3 fully saturated rings. The second-order valence-electron chi connectivity index (χ2n) is 4.83. The fourth-order valence-corrected chi connectivity index (χ4v) is 3.38. The maximum Gasteiger partial charge on any atom is 0.0512 e. The summed E-state index contributed by atoms with van der Waals surface area (Å²) in [6.45, 7) is 0.191. The first kappa shape index (κ1) is 9.44. The van der Waals surface area contributed by atoms with Crippen LogP contribution in [0.25, 0.3) is 0 Å². The number of hydrogen-bond donors (Lipinski definition) is 3. The molecule has 0 radical (unpaired) electrons. The highest BCUT2D eigenvalue weighted by molar-refractivity contribution is 5.01. The quantitative estimate of drug-likeness (QED) is 0.572. The molecule has 3 saturated carbocycles. The van der Waals surface area contributed by atoms with E-state index in [0.29, 0.717) is 11.8 Å². The van der Waals surface area contributed by atoms with Crippen LogP contribution in [-0.2, 0) is 0 Å². The molecule has 3 atom stereocenters. The van der Waals surface area contributed by atoms with Crippen LogP contribution in [0.3, 0.4) is 0 Å². The van der Waals surface area contributed by atoms with Gasteiger partial charge in [-0.2, -0.15) is 0 Å². The summed E-state index contributed by atoms with van der Waals surface area (Å²) in [4.78, 5) is 0. The molecule has 2 bridgehead atoms. The van der Waals surface area contributed by atoms with Crippen molar-refractivity contribution < 1.29 is 10.2 Å². The average Bonchev–Trinajstić information content (AvgIpc) is 2.18. The molecule has 3 rings (SSSR count). The van der Waals surface area contributed by atoms with Crippen LogP contribution in [0.2, 0.25) is 0 Å². The molecule has 13 heavy (non-hydrogen) atoms. The molecule has 0 saturated heterocycles. The summed E-state index contributed by atoms with van der Waals surface area (Å²) in [7, 11) is 0. The molecule has 0 aromatic rings. The highest BCUT2D eigenvalue weighted by Gasteiger charge is 2.50. The highest BCUT2D eigenvalue weighted by atomic mass is 16.3. The van der Waals surface area contributed by atoms with Gasteiger partial charge in [-0.1, -0.05) is 6.42 Å². The van der Waals surface area contributed by atoms with Gasteiger partial charge in [-0.25, -0.2) is 0 Å². The van der Waals surface area contributed by atoms with Gasteiger partial charge in [0.2, 0.25) is 0 Å². The topological polar surface area (TPSA) is 66.5 Å². The summed E-state index contributed by atoms with van der Waals surface area (Å²) in [6.07, 6.45) is 4.39. The van der Waals surface area contributed by atoms with Crippen LogP contribution in [0.5, 0.6) is 0 Å². The van der Waals surface area contributed by atoms with Crippen molar-refractivity contribution in [3.63, 3.8) is 0 Å². The van der Waals surface area contributed by atoms with E-state index < -0.39 is 0 Å². The number of aliphatic hydroxyl groups excluding tert-OH is 2. The first-order valence-electron chi connectivity index (χ1n) is 5.19. The van der Waals surface area contributed by atoms with Crippen molar-refractivity contribution in [2.45, 2.75) is 31.7 Å². The van der Waals surface area contributed by atoms with Crippen LogP contribution >= 0.6 is 0 Å². The zero-order valence-corrected chi connectivity index (χ0v) is 7.95. The van der Waals surface area contributed by atoms with Gasteiger partial charge >= 0.3 is 0 Å². The normalized spacial score (nSPS) is 42.2. The maximum absolute atomic E-state index is 9.37. The summed E-state index contributed by atoms with van der Waals surface area (Å²) in [6, 6.07) is 0.201. The summed E-state index contributed by atoms with van der Waals surface area (Å²) in [5, 5.41) is 18.7.